The summed E-state index contributed by atoms with van der Waals surface area (Å²) >= 11 is 5.70. The molecule has 0 aliphatic rings. The lowest BCUT2D eigenvalue weighted by atomic mass is 10.2. The third kappa shape index (κ3) is 4.77. The van der Waals surface area contributed by atoms with Gasteiger partial charge in [0.2, 0.25) is 17.0 Å². The van der Waals surface area contributed by atoms with Gasteiger partial charge in [-0.25, -0.2) is 4.98 Å². The van der Waals surface area contributed by atoms with Gasteiger partial charge in [0.15, 0.2) is 5.69 Å². The van der Waals surface area contributed by atoms with E-state index in [-0.39, 0.29) is 40.7 Å². The van der Waals surface area contributed by atoms with Gasteiger partial charge < -0.3 is 14.8 Å². The summed E-state index contributed by atoms with van der Waals surface area (Å²) in [6.45, 7) is 0.0782. The van der Waals surface area contributed by atoms with E-state index in [1.807, 2.05) is 0 Å². The number of hydrogen-bond donors (Lipinski definition) is 1. The predicted molar refractivity (Wildman–Crippen MR) is 103 cm³/mol. The minimum atomic E-state index is -4.65. The molecule has 0 amide bonds. The van der Waals surface area contributed by atoms with E-state index in [1.165, 1.54) is 26.4 Å². The Kier molecular flexibility index (Phi) is 6.15. The second-order valence-electron chi connectivity index (χ2n) is 5.97. The fourth-order valence-corrected chi connectivity index (χ4v) is 2.76. The summed E-state index contributed by atoms with van der Waals surface area (Å²) in [5.41, 5.74) is -0.694. The molecule has 0 bridgehead atoms. The van der Waals surface area contributed by atoms with Crippen molar-refractivity contribution in [3.05, 3.63) is 57.1 Å². The number of anilines is 1. The summed E-state index contributed by atoms with van der Waals surface area (Å²) in [5, 5.41) is 17.3. The predicted octanol–water partition coefficient (Wildman–Crippen LogP) is 3.87. The molecule has 1 aromatic carbocycles. The average molecular weight is 459 g/mol. The highest BCUT2D eigenvalue weighted by atomic mass is 35.5. The fraction of sp³-hybridized carbons (Fsp3) is 0.235. The van der Waals surface area contributed by atoms with Crippen LogP contribution in [0.1, 0.15) is 11.3 Å². The van der Waals surface area contributed by atoms with Crippen LogP contribution in [0.5, 0.6) is 11.6 Å². The van der Waals surface area contributed by atoms with Crippen molar-refractivity contribution in [3.8, 4) is 17.3 Å². The van der Waals surface area contributed by atoms with E-state index in [0.29, 0.717) is 5.56 Å². The summed E-state index contributed by atoms with van der Waals surface area (Å²) < 4.78 is 50.3. The highest BCUT2D eigenvalue weighted by Crippen LogP contribution is 2.34. The van der Waals surface area contributed by atoms with Crippen molar-refractivity contribution in [1.29, 1.82) is 0 Å². The maximum absolute atomic E-state index is 13.0. The highest BCUT2D eigenvalue weighted by Gasteiger charge is 2.35. The van der Waals surface area contributed by atoms with Crippen molar-refractivity contribution in [2.45, 2.75) is 12.7 Å². The summed E-state index contributed by atoms with van der Waals surface area (Å²) in [6, 6.07) is 5.36. The molecular weight excluding hydrogens is 445 g/mol. The van der Waals surface area contributed by atoms with Crippen LogP contribution in [-0.4, -0.2) is 38.9 Å². The van der Waals surface area contributed by atoms with Gasteiger partial charge in [-0.2, -0.15) is 27.9 Å². The van der Waals surface area contributed by atoms with Gasteiger partial charge in [-0.05, 0) is 29.3 Å². The molecular formula is C17H14ClF3N6O4. The lowest BCUT2D eigenvalue weighted by Crippen LogP contribution is -2.09. The monoisotopic (exact) mass is 458 g/mol. The molecule has 1 N–H and O–H groups in total. The molecule has 0 aliphatic carbocycles. The van der Waals surface area contributed by atoms with Crippen LogP contribution in [0.4, 0.5) is 24.7 Å². The second-order valence-corrected chi connectivity index (χ2v) is 6.31. The molecule has 10 nitrogen and oxygen atoms in total. The van der Waals surface area contributed by atoms with Crippen LogP contribution in [0.3, 0.4) is 0 Å². The zero-order valence-electron chi connectivity index (χ0n) is 16.0. The van der Waals surface area contributed by atoms with Crippen LogP contribution in [0.2, 0.25) is 5.28 Å². The van der Waals surface area contributed by atoms with E-state index in [2.05, 4.69) is 20.4 Å². The molecule has 3 rings (SSSR count). The summed E-state index contributed by atoms with van der Waals surface area (Å²) in [4.78, 5) is 17.8. The van der Waals surface area contributed by atoms with Crippen molar-refractivity contribution >= 4 is 23.1 Å². The minimum absolute atomic E-state index is 0.0782. The number of alkyl halides is 3. The third-order valence-corrected chi connectivity index (χ3v) is 4.23. The summed E-state index contributed by atoms with van der Waals surface area (Å²) in [5.74, 6) is -0.0241. The Balaban J connectivity index is 1.91. The average Bonchev–Trinajstić information content (AvgIpc) is 3.16. The number of aromatic nitrogens is 4. The molecule has 14 heteroatoms. The molecule has 0 spiro atoms. The van der Waals surface area contributed by atoms with Crippen molar-refractivity contribution < 1.29 is 27.6 Å². The van der Waals surface area contributed by atoms with E-state index in [0.717, 1.165) is 16.9 Å². The standard InChI is InChI=1S/C17H14ClF3N6O4/c1-30-12-5-9(7-22-15-11(27(28)29)8-23-16(18)24-15)3-4-10(12)26-14(31-2)6-13(25-26)17(19,20)21/h3-6,8H,7H2,1-2H3,(H,22,23,24). The normalized spacial score (nSPS) is 11.3. The lowest BCUT2D eigenvalue weighted by Gasteiger charge is -2.13. The SMILES string of the molecule is COc1cc(CNc2nc(Cl)ncc2[N+](=O)[O-])ccc1-n1nc(C(F)(F)F)cc1OC. The van der Waals surface area contributed by atoms with Gasteiger partial charge in [-0.1, -0.05) is 6.07 Å². The number of methoxy groups -OCH3 is 2. The Morgan fingerprint density at radius 1 is 1.26 bits per heavy atom. The number of nitrogens with zero attached hydrogens (tertiary/aromatic N) is 5. The van der Waals surface area contributed by atoms with E-state index < -0.39 is 16.8 Å². The lowest BCUT2D eigenvalue weighted by molar-refractivity contribution is -0.384. The molecule has 0 radical (unpaired) electrons. The third-order valence-electron chi connectivity index (χ3n) is 4.05. The first-order valence-corrected chi connectivity index (χ1v) is 8.81. The first kappa shape index (κ1) is 22.1. The van der Waals surface area contributed by atoms with Gasteiger partial charge in [0.25, 0.3) is 0 Å². The van der Waals surface area contributed by atoms with Crippen LogP contribution in [-0.2, 0) is 12.7 Å². The Morgan fingerprint density at radius 3 is 2.61 bits per heavy atom. The topological polar surface area (TPSA) is 117 Å². The molecule has 2 heterocycles. The number of halogens is 4. The molecule has 0 unspecified atom stereocenters. The van der Waals surface area contributed by atoms with Gasteiger partial charge in [0, 0.05) is 12.6 Å². The van der Waals surface area contributed by atoms with Crippen LogP contribution in [0, 0.1) is 10.1 Å². The number of benzene rings is 1. The molecule has 0 fully saturated rings. The van der Waals surface area contributed by atoms with Crippen molar-refractivity contribution in [2.75, 3.05) is 19.5 Å². The van der Waals surface area contributed by atoms with Crippen molar-refractivity contribution in [1.82, 2.24) is 19.7 Å². The van der Waals surface area contributed by atoms with E-state index in [4.69, 9.17) is 21.1 Å². The number of rotatable bonds is 7. The summed E-state index contributed by atoms with van der Waals surface area (Å²) in [6.07, 6.45) is -3.67. The molecule has 2 aromatic heterocycles. The molecule has 3 aromatic rings. The Bertz CT molecular complexity index is 1120. The molecule has 0 atom stereocenters. The first-order chi connectivity index (χ1) is 14.6. The number of hydrogen-bond acceptors (Lipinski definition) is 8. The summed E-state index contributed by atoms with van der Waals surface area (Å²) in [7, 11) is 2.56. The quantitative estimate of drug-likeness (QED) is 0.322. The smallest absolute Gasteiger partial charge is 0.435 e. The molecule has 164 valence electrons. The maximum Gasteiger partial charge on any atom is 0.435 e. The maximum atomic E-state index is 13.0. The minimum Gasteiger partial charge on any atom is -0.494 e. The van der Waals surface area contributed by atoms with E-state index >= 15 is 0 Å². The highest BCUT2D eigenvalue weighted by molar-refractivity contribution is 6.28. The number of nitrogens with one attached hydrogen (secondary N) is 1. The first-order valence-electron chi connectivity index (χ1n) is 8.43. The van der Waals surface area contributed by atoms with Gasteiger partial charge in [0.05, 0.1) is 19.1 Å². The Hall–Kier alpha value is -3.61. The molecule has 31 heavy (non-hydrogen) atoms. The number of ether oxygens (including phenoxy) is 2. The van der Waals surface area contributed by atoms with Crippen molar-refractivity contribution in [2.24, 2.45) is 0 Å². The van der Waals surface area contributed by atoms with Crippen LogP contribution >= 0.6 is 11.6 Å². The van der Waals surface area contributed by atoms with Gasteiger partial charge in [-0.15, -0.1) is 0 Å². The van der Waals surface area contributed by atoms with Gasteiger partial charge in [0.1, 0.15) is 17.6 Å². The van der Waals surface area contributed by atoms with Crippen molar-refractivity contribution in [3.63, 3.8) is 0 Å². The van der Waals surface area contributed by atoms with Crippen LogP contribution in [0.25, 0.3) is 5.69 Å². The van der Waals surface area contributed by atoms with Gasteiger partial charge >= 0.3 is 11.9 Å². The van der Waals surface area contributed by atoms with Crippen LogP contribution < -0.4 is 14.8 Å². The largest absolute Gasteiger partial charge is 0.494 e. The van der Waals surface area contributed by atoms with E-state index in [1.54, 1.807) is 6.07 Å². The van der Waals surface area contributed by atoms with Crippen LogP contribution in [0.15, 0.2) is 30.5 Å². The molecule has 0 aliphatic heterocycles. The zero-order chi connectivity index (χ0) is 22.8. The molecule has 0 saturated carbocycles. The second kappa shape index (κ2) is 8.63. The Labute approximate surface area is 177 Å². The molecule has 0 saturated heterocycles. The van der Waals surface area contributed by atoms with Gasteiger partial charge in [-0.3, -0.25) is 10.1 Å². The zero-order valence-corrected chi connectivity index (χ0v) is 16.7. The van der Waals surface area contributed by atoms with E-state index in [9.17, 15) is 23.3 Å². The number of nitro groups is 1. The fourth-order valence-electron chi connectivity index (χ4n) is 2.63. The Morgan fingerprint density at radius 2 is 2.00 bits per heavy atom.